The number of methoxy groups -OCH3 is 1. The van der Waals surface area contributed by atoms with Crippen molar-refractivity contribution < 1.29 is 9.53 Å². The standard InChI is InChI=1S/C15H17BrO2S/c1-18-15(17)14-12(8-11-6-7-13(14)19-11)9-2-4-10(16)5-3-9/h2-5,11-14H,6-8H2,1H3/t11?,12-,13?,14+/m1/s1. The summed E-state index contributed by atoms with van der Waals surface area (Å²) in [5, 5.41) is 1.17. The molecule has 0 amide bonds. The maximum absolute atomic E-state index is 12.2. The van der Waals surface area contributed by atoms with Crippen LogP contribution in [0.25, 0.3) is 0 Å². The van der Waals surface area contributed by atoms with Crippen LogP contribution < -0.4 is 0 Å². The van der Waals surface area contributed by atoms with Crippen LogP contribution in [0.3, 0.4) is 0 Å². The van der Waals surface area contributed by atoms with Gasteiger partial charge in [-0.1, -0.05) is 28.1 Å². The molecular weight excluding hydrogens is 324 g/mol. The molecule has 1 aromatic carbocycles. The van der Waals surface area contributed by atoms with Crippen LogP contribution in [-0.4, -0.2) is 23.6 Å². The molecule has 0 aliphatic carbocycles. The fourth-order valence-corrected chi connectivity index (χ4v) is 5.46. The highest BCUT2D eigenvalue weighted by Crippen LogP contribution is 2.52. The van der Waals surface area contributed by atoms with Gasteiger partial charge in [0.2, 0.25) is 0 Å². The molecule has 0 spiro atoms. The number of hydrogen-bond donors (Lipinski definition) is 0. The van der Waals surface area contributed by atoms with E-state index in [-0.39, 0.29) is 11.9 Å². The first-order chi connectivity index (χ1) is 9.19. The van der Waals surface area contributed by atoms with Gasteiger partial charge in [0.1, 0.15) is 0 Å². The van der Waals surface area contributed by atoms with Gasteiger partial charge in [-0.05, 0) is 42.9 Å². The Morgan fingerprint density at radius 2 is 2.05 bits per heavy atom. The van der Waals surface area contributed by atoms with Gasteiger partial charge in [-0.25, -0.2) is 0 Å². The van der Waals surface area contributed by atoms with Gasteiger partial charge in [0.25, 0.3) is 0 Å². The van der Waals surface area contributed by atoms with E-state index in [0.29, 0.717) is 11.2 Å². The van der Waals surface area contributed by atoms with Crippen LogP contribution in [0.5, 0.6) is 0 Å². The summed E-state index contributed by atoms with van der Waals surface area (Å²) < 4.78 is 6.14. The molecule has 0 saturated carbocycles. The number of halogens is 1. The molecule has 2 unspecified atom stereocenters. The van der Waals surface area contributed by atoms with Gasteiger partial charge < -0.3 is 4.74 Å². The van der Waals surface area contributed by atoms with Gasteiger partial charge in [0.05, 0.1) is 13.0 Å². The monoisotopic (exact) mass is 340 g/mol. The number of fused-ring (bicyclic) bond motifs is 2. The Balaban J connectivity index is 1.92. The van der Waals surface area contributed by atoms with E-state index >= 15 is 0 Å². The summed E-state index contributed by atoms with van der Waals surface area (Å²) in [5.41, 5.74) is 1.27. The van der Waals surface area contributed by atoms with Gasteiger partial charge in [-0.2, -0.15) is 11.8 Å². The lowest BCUT2D eigenvalue weighted by molar-refractivity contribution is -0.146. The third-order valence-corrected chi connectivity index (χ3v) is 6.48. The lowest BCUT2D eigenvalue weighted by atomic mass is 9.81. The summed E-state index contributed by atoms with van der Waals surface area (Å²) >= 11 is 5.46. The summed E-state index contributed by atoms with van der Waals surface area (Å²) in [6.07, 6.45) is 3.50. The predicted octanol–water partition coefficient (Wildman–Crippen LogP) is 3.99. The summed E-state index contributed by atoms with van der Waals surface area (Å²) in [6, 6.07) is 8.40. The zero-order chi connectivity index (χ0) is 13.4. The number of carbonyl (C=O) groups is 1. The van der Waals surface area contributed by atoms with Crippen molar-refractivity contribution in [3.05, 3.63) is 34.3 Å². The molecule has 2 nitrogen and oxygen atoms in total. The van der Waals surface area contributed by atoms with E-state index < -0.39 is 0 Å². The first kappa shape index (κ1) is 13.5. The Hall–Kier alpha value is -0.480. The van der Waals surface area contributed by atoms with Crippen molar-refractivity contribution in [1.29, 1.82) is 0 Å². The minimum absolute atomic E-state index is 0.0231. The molecule has 2 heterocycles. The fourth-order valence-electron chi connectivity index (χ4n) is 3.37. The van der Waals surface area contributed by atoms with Crippen LogP contribution in [0.1, 0.15) is 30.7 Å². The van der Waals surface area contributed by atoms with Crippen LogP contribution in [0.4, 0.5) is 0 Å². The van der Waals surface area contributed by atoms with Gasteiger partial charge >= 0.3 is 5.97 Å². The average molecular weight is 341 g/mol. The highest BCUT2D eigenvalue weighted by Gasteiger charge is 2.47. The minimum Gasteiger partial charge on any atom is -0.469 e. The van der Waals surface area contributed by atoms with E-state index in [1.807, 2.05) is 11.8 Å². The van der Waals surface area contributed by atoms with Crippen LogP contribution in [-0.2, 0) is 9.53 Å². The molecule has 102 valence electrons. The largest absolute Gasteiger partial charge is 0.469 e. The fraction of sp³-hybridized carbons (Fsp3) is 0.533. The van der Waals surface area contributed by atoms with Crippen LogP contribution in [0.2, 0.25) is 0 Å². The maximum atomic E-state index is 12.2. The van der Waals surface area contributed by atoms with Crippen molar-refractivity contribution in [3.8, 4) is 0 Å². The molecule has 4 heteroatoms. The SMILES string of the molecule is COC(=O)[C@@H]1C2CCC(C[C@@H]1c1ccc(Br)cc1)S2. The van der Waals surface area contributed by atoms with Gasteiger partial charge in [-0.3, -0.25) is 4.79 Å². The highest BCUT2D eigenvalue weighted by atomic mass is 79.9. The number of thioether (sulfide) groups is 1. The number of benzene rings is 1. The van der Waals surface area contributed by atoms with Crippen LogP contribution >= 0.6 is 27.7 Å². The van der Waals surface area contributed by atoms with Crippen molar-refractivity contribution in [2.24, 2.45) is 5.92 Å². The summed E-state index contributed by atoms with van der Waals surface area (Å²) in [5.74, 6) is 0.306. The number of rotatable bonds is 2. The molecule has 4 atom stereocenters. The van der Waals surface area contributed by atoms with E-state index in [0.717, 1.165) is 22.6 Å². The second-order valence-corrected chi connectivity index (χ2v) is 7.78. The number of ether oxygens (including phenoxy) is 1. The second kappa shape index (κ2) is 5.49. The van der Waals surface area contributed by atoms with E-state index in [1.54, 1.807) is 0 Å². The van der Waals surface area contributed by atoms with Gasteiger partial charge in [-0.15, -0.1) is 0 Å². The van der Waals surface area contributed by atoms with Crippen molar-refractivity contribution in [2.45, 2.75) is 35.7 Å². The maximum Gasteiger partial charge on any atom is 0.310 e. The van der Waals surface area contributed by atoms with Crippen LogP contribution in [0.15, 0.2) is 28.7 Å². The van der Waals surface area contributed by atoms with Gasteiger partial charge in [0, 0.05) is 15.0 Å². The summed E-state index contributed by atoms with van der Waals surface area (Å²) in [7, 11) is 1.51. The molecular formula is C15H17BrO2S. The van der Waals surface area contributed by atoms with Crippen molar-refractivity contribution in [3.63, 3.8) is 0 Å². The number of esters is 1. The molecule has 2 aliphatic heterocycles. The Morgan fingerprint density at radius 3 is 2.74 bits per heavy atom. The molecule has 2 bridgehead atoms. The smallest absolute Gasteiger partial charge is 0.310 e. The zero-order valence-electron chi connectivity index (χ0n) is 10.8. The second-order valence-electron chi connectivity index (χ2n) is 5.32. The molecule has 0 N–H and O–H groups in total. The topological polar surface area (TPSA) is 26.3 Å². The van der Waals surface area contributed by atoms with Crippen molar-refractivity contribution in [1.82, 2.24) is 0 Å². The van der Waals surface area contributed by atoms with E-state index in [9.17, 15) is 4.79 Å². The Labute approximate surface area is 126 Å². The van der Waals surface area contributed by atoms with Crippen LogP contribution in [0, 0.1) is 5.92 Å². The third kappa shape index (κ3) is 2.57. The molecule has 0 aromatic heterocycles. The molecule has 19 heavy (non-hydrogen) atoms. The van der Waals surface area contributed by atoms with Gasteiger partial charge in [0.15, 0.2) is 0 Å². The first-order valence-electron chi connectivity index (χ1n) is 6.68. The predicted molar refractivity (Wildman–Crippen MR) is 81.4 cm³/mol. The third-order valence-electron chi connectivity index (χ3n) is 4.26. The highest BCUT2D eigenvalue weighted by molar-refractivity contribution is 9.10. The molecule has 0 radical (unpaired) electrons. The quantitative estimate of drug-likeness (QED) is 0.761. The van der Waals surface area contributed by atoms with Crippen molar-refractivity contribution >= 4 is 33.7 Å². The van der Waals surface area contributed by atoms with E-state index in [1.165, 1.54) is 19.1 Å². The van der Waals surface area contributed by atoms with Crippen molar-refractivity contribution in [2.75, 3.05) is 7.11 Å². The first-order valence-corrected chi connectivity index (χ1v) is 8.41. The van der Waals surface area contributed by atoms with E-state index in [4.69, 9.17) is 4.74 Å². The molecule has 3 rings (SSSR count). The zero-order valence-corrected chi connectivity index (χ0v) is 13.2. The number of carbonyl (C=O) groups excluding carboxylic acids is 1. The van der Waals surface area contributed by atoms with E-state index in [2.05, 4.69) is 40.2 Å². The molecule has 1 aromatic rings. The normalized spacial score (nSPS) is 33.2. The molecule has 2 aliphatic rings. The summed E-state index contributed by atoms with van der Waals surface area (Å²) in [6.45, 7) is 0. The molecule has 2 saturated heterocycles. The number of hydrogen-bond acceptors (Lipinski definition) is 3. The lowest BCUT2D eigenvalue weighted by Crippen LogP contribution is -2.35. The Bertz CT molecular complexity index is 474. The Morgan fingerprint density at radius 1 is 1.32 bits per heavy atom. The molecule has 2 fully saturated rings. The minimum atomic E-state index is -0.0363. The average Bonchev–Trinajstić information content (AvgIpc) is 2.80. The Kier molecular flexibility index (Phi) is 3.90. The lowest BCUT2D eigenvalue weighted by Gasteiger charge is -2.34. The summed E-state index contributed by atoms with van der Waals surface area (Å²) in [4.78, 5) is 12.2.